The number of hydrogen-bond acceptors (Lipinski definition) is 2. The van der Waals surface area contributed by atoms with Crippen LogP contribution in [0.4, 0.5) is 4.79 Å². The van der Waals surface area contributed by atoms with Crippen LogP contribution in [0, 0.1) is 11.8 Å². The lowest BCUT2D eigenvalue weighted by molar-refractivity contribution is 0.0697. The molecule has 0 spiro atoms. The van der Waals surface area contributed by atoms with Gasteiger partial charge in [-0.15, -0.1) is 0 Å². The lowest BCUT2D eigenvalue weighted by Gasteiger charge is -2.10. The fraction of sp³-hybridized carbons (Fsp3) is 0.444. The van der Waals surface area contributed by atoms with Crippen molar-refractivity contribution in [1.29, 1.82) is 0 Å². The molecule has 2 N–H and O–H groups in total. The van der Waals surface area contributed by atoms with Crippen molar-refractivity contribution in [2.24, 2.45) is 11.8 Å². The minimum absolute atomic E-state index is 0.109. The Hall–Kier alpha value is -1.82. The molecule has 0 unspecified atom stereocenters. The van der Waals surface area contributed by atoms with Crippen molar-refractivity contribution in [2.75, 3.05) is 0 Å². The second-order valence-corrected chi connectivity index (χ2v) is 7.72. The molecule has 0 saturated heterocycles. The highest BCUT2D eigenvalue weighted by Gasteiger charge is 2.28. The van der Waals surface area contributed by atoms with Crippen molar-refractivity contribution in [2.45, 2.75) is 40.5 Å². The van der Waals surface area contributed by atoms with E-state index >= 15 is 0 Å². The summed E-state index contributed by atoms with van der Waals surface area (Å²) in [6.07, 6.45) is -0.0921. The molecular weight excluding hydrogens is 374 g/mol. The predicted molar refractivity (Wildman–Crippen MR) is 97.1 cm³/mol. The number of nitrogens with zero attached hydrogens (tertiary/aromatic N) is 1. The van der Waals surface area contributed by atoms with Crippen LogP contribution in [0.1, 0.15) is 49.3 Å². The van der Waals surface area contributed by atoms with Gasteiger partial charge in [-0.2, -0.15) is 0 Å². The summed E-state index contributed by atoms with van der Waals surface area (Å²) in [5.74, 6) is -0.628. The molecule has 2 aromatic rings. The van der Waals surface area contributed by atoms with Crippen molar-refractivity contribution < 1.29 is 19.8 Å². The molecule has 5 nitrogen and oxygen atoms in total. The van der Waals surface area contributed by atoms with Gasteiger partial charge >= 0.3 is 12.1 Å². The van der Waals surface area contributed by atoms with Gasteiger partial charge in [0, 0.05) is 15.6 Å². The number of hydrogen-bond donors (Lipinski definition) is 2. The fourth-order valence-electron chi connectivity index (χ4n) is 3.11. The Labute approximate surface area is 149 Å². The molecule has 24 heavy (non-hydrogen) atoms. The van der Waals surface area contributed by atoms with Crippen molar-refractivity contribution in [3.8, 4) is 0 Å². The summed E-state index contributed by atoms with van der Waals surface area (Å²) in [5.41, 5.74) is 1.75. The molecule has 0 bridgehead atoms. The van der Waals surface area contributed by atoms with Crippen molar-refractivity contribution in [1.82, 2.24) is 4.57 Å². The van der Waals surface area contributed by atoms with Crippen LogP contribution in [0.25, 0.3) is 10.9 Å². The van der Waals surface area contributed by atoms with E-state index in [9.17, 15) is 19.8 Å². The average Bonchev–Trinajstić information content (AvgIpc) is 2.75. The molecule has 0 aliphatic carbocycles. The average molecular weight is 396 g/mol. The number of benzene rings is 1. The van der Waals surface area contributed by atoms with Crippen molar-refractivity contribution in [3.05, 3.63) is 33.4 Å². The van der Waals surface area contributed by atoms with Crippen LogP contribution >= 0.6 is 15.9 Å². The summed E-state index contributed by atoms with van der Waals surface area (Å²) in [5, 5.41) is 20.0. The molecule has 0 fully saturated rings. The van der Waals surface area contributed by atoms with E-state index in [0.717, 1.165) is 14.6 Å². The summed E-state index contributed by atoms with van der Waals surface area (Å²) >= 11 is 3.50. The lowest BCUT2D eigenvalue weighted by Crippen LogP contribution is -2.15. The molecule has 6 heteroatoms. The molecule has 1 heterocycles. The molecule has 0 aliphatic heterocycles. The zero-order valence-electron chi connectivity index (χ0n) is 14.3. The highest BCUT2D eigenvalue weighted by Crippen LogP contribution is 2.36. The molecule has 0 radical (unpaired) electrons. The standard InChI is InChI=1S/C18H22BrNO4/c1-9(2)7-11-12(19)5-6-13-15(11)16(17(21)22)14(8-10(3)4)20(13)18(23)24/h5-6,9-10H,7-8H2,1-4H3,(H,21,22)(H,23,24). The number of aromatic nitrogens is 1. The van der Waals surface area contributed by atoms with Crippen LogP contribution in [0.2, 0.25) is 0 Å². The number of carboxylic acid groups (broad SMARTS) is 2. The van der Waals surface area contributed by atoms with E-state index in [4.69, 9.17) is 0 Å². The normalized spacial score (nSPS) is 11.6. The third kappa shape index (κ3) is 3.34. The number of rotatable bonds is 5. The van der Waals surface area contributed by atoms with Gasteiger partial charge < -0.3 is 10.2 Å². The van der Waals surface area contributed by atoms with Gasteiger partial charge in [0.25, 0.3) is 0 Å². The Kier molecular flexibility index (Phi) is 5.38. The Morgan fingerprint density at radius 2 is 1.67 bits per heavy atom. The largest absolute Gasteiger partial charge is 0.478 e. The second kappa shape index (κ2) is 6.97. The van der Waals surface area contributed by atoms with Gasteiger partial charge in [-0.3, -0.25) is 0 Å². The van der Waals surface area contributed by atoms with E-state index in [-0.39, 0.29) is 11.5 Å². The monoisotopic (exact) mass is 395 g/mol. The van der Waals surface area contributed by atoms with Crippen LogP contribution in [0.3, 0.4) is 0 Å². The molecule has 0 amide bonds. The molecule has 0 saturated carbocycles. The third-order valence-electron chi connectivity index (χ3n) is 3.90. The maximum Gasteiger partial charge on any atom is 0.416 e. The number of aromatic carboxylic acids is 1. The van der Waals surface area contributed by atoms with E-state index in [1.54, 1.807) is 12.1 Å². The zero-order valence-corrected chi connectivity index (χ0v) is 15.8. The molecule has 2 rings (SSSR count). The smallest absolute Gasteiger partial charge is 0.416 e. The minimum atomic E-state index is -1.15. The molecule has 130 valence electrons. The number of halogens is 1. The van der Waals surface area contributed by atoms with Crippen molar-refractivity contribution in [3.63, 3.8) is 0 Å². The third-order valence-corrected chi connectivity index (χ3v) is 4.65. The van der Waals surface area contributed by atoms with Gasteiger partial charge in [0.05, 0.1) is 11.1 Å². The van der Waals surface area contributed by atoms with E-state index in [0.29, 0.717) is 35.4 Å². The van der Waals surface area contributed by atoms with Gasteiger partial charge in [0.1, 0.15) is 0 Å². The first-order valence-corrected chi connectivity index (χ1v) is 8.75. The molecule has 1 aromatic heterocycles. The highest BCUT2D eigenvalue weighted by atomic mass is 79.9. The van der Waals surface area contributed by atoms with Crippen LogP contribution in [-0.2, 0) is 12.8 Å². The summed E-state index contributed by atoms with van der Waals surface area (Å²) in [4.78, 5) is 23.8. The molecular formula is C18H22BrNO4. The molecule has 0 aliphatic rings. The Morgan fingerprint density at radius 3 is 2.12 bits per heavy atom. The number of carbonyl (C=O) groups is 2. The summed E-state index contributed by atoms with van der Waals surface area (Å²) in [6, 6.07) is 3.47. The van der Waals surface area contributed by atoms with E-state index in [1.807, 2.05) is 13.8 Å². The van der Waals surface area contributed by atoms with Crippen LogP contribution in [0.15, 0.2) is 16.6 Å². The van der Waals surface area contributed by atoms with Crippen molar-refractivity contribution >= 4 is 38.9 Å². The van der Waals surface area contributed by atoms with Crippen LogP contribution < -0.4 is 0 Å². The van der Waals surface area contributed by atoms with Gasteiger partial charge in [0.15, 0.2) is 0 Å². The van der Waals surface area contributed by atoms with Gasteiger partial charge in [-0.25, -0.2) is 14.2 Å². The summed E-state index contributed by atoms with van der Waals surface area (Å²) in [6.45, 7) is 7.99. The van der Waals surface area contributed by atoms with Crippen LogP contribution in [-0.4, -0.2) is 26.8 Å². The first-order chi connectivity index (χ1) is 11.1. The van der Waals surface area contributed by atoms with E-state index in [2.05, 4.69) is 29.8 Å². The predicted octanol–water partition coefficient (Wildman–Crippen LogP) is 5.03. The second-order valence-electron chi connectivity index (χ2n) is 6.86. The minimum Gasteiger partial charge on any atom is -0.478 e. The van der Waals surface area contributed by atoms with E-state index in [1.165, 1.54) is 0 Å². The first kappa shape index (κ1) is 18.5. The Morgan fingerprint density at radius 1 is 1.08 bits per heavy atom. The topological polar surface area (TPSA) is 79.5 Å². The maximum absolute atomic E-state index is 12.0. The maximum atomic E-state index is 12.0. The molecule has 0 atom stereocenters. The summed E-state index contributed by atoms with van der Waals surface area (Å²) in [7, 11) is 0. The van der Waals surface area contributed by atoms with Gasteiger partial charge in [0.2, 0.25) is 0 Å². The quantitative estimate of drug-likeness (QED) is 0.743. The van der Waals surface area contributed by atoms with Crippen LogP contribution in [0.5, 0.6) is 0 Å². The number of fused-ring (bicyclic) bond motifs is 1. The lowest BCUT2D eigenvalue weighted by atomic mass is 9.95. The number of carboxylic acids is 1. The Balaban J connectivity index is 2.98. The molecule has 1 aromatic carbocycles. The zero-order chi connectivity index (χ0) is 18.2. The summed E-state index contributed by atoms with van der Waals surface area (Å²) < 4.78 is 1.94. The fourth-order valence-corrected chi connectivity index (χ4v) is 3.61. The SMILES string of the molecule is CC(C)Cc1c(Br)ccc2c1c(C(=O)O)c(CC(C)C)n2C(=O)O. The van der Waals surface area contributed by atoms with E-state index < -0.39 is 12.1 Å². The highest BCUT2D eigenvalue weighted by molar-refractivity contribution is 9.10. The first-order valence-electron chi connectivity index (χ1n) is 7.96. The van der Waals surface area contributed by atoms with Gasteiger partial charge in [-0.1, -0.05) is 43.6 Å². The van der Waals surface area contributed by atoms with Gasteiger partial charge in [-0.05, 0) is 42.4 Å². The Bertz CT molecular complexity index is 805.